The zero-order chi connectivity index (χ0) is 17.2. The van der Waals surface area contributed by atoms with Crippen LogP contribution in [0.4, 0.5) is 5.69 Å². The highest BCUT2D eigenvalue weighted by molar-refractivity contribution is 6.05. The van der Waals surface area contributed by atoms with Crippen LogP contribution in [-0.2, 0) is 0 Å². The van der Waals surface area contributed by atoms with Crippen LogP contribution in [0.3, 0.4) is 0 Å². The largest absolute Gasteiger partial charge is 0.422 e. The Morgan fingerprint density at radius 1 is 1.16 bits per heavy atom. The Morgan fingerprint density at radius 2 is 2.04 bits per heavy atom. The van der Waals surface area contributed by atoms with E-state index in [4.69, 9.17) is 4.42 Å². The SMILES string of the molecule is O=C(Nc1ccc(-n2ccnc2)nc1)c1cc2ccccc2oc1=O. The minimum atomic E-state index is -0.681. The van der Waals surface area contributed by atoms with Gasteiger partial charge in [0.2, 0.25) is 0 Å². The molecule has 0 radical (unpaired) electrons. The van der Waals surface area contributed by atoms with Crippen molar-refractivity contribution >= 4 is 22.6 Å². The number of amides is 1. The van der Waals surface area contributed by atoms with E-state index in [2.05, 4.69) is 15.3 Å². The van der Waals surface area contributed by atoms with Crippen LogP contribution >= 0.6 is 0 Å². The third-order valence-electron chi connectivity index (χ3n) is 3.66. The zero-order valence-electron chi connectivity index (χ0n) is 12.9. The number of hydrogen-bond donors (Lipinski definition) is 1. The van der Waals surface area contributed by atoms with Crippen molar-refractivity contribution in [3.63, 3.8) is 0 Å². The third-order valence-corrected chi connectivity index (χ3v) is 3.66. The van der Waals surface area contributed by atoms with Gasteiger partial charge in [0.05, 0.1) is 11.9 Å². The van der Waals surface area contributed by atoms with Gasteiger partial charge in [-0.15, -0.1) is 0 Å². The molecule has 0 saturated heterocycles. The first kappa shape index (κ1) is 14.8. The molecule has 0 aliphatic rings. The number of nitrogens with one attached hydrogen (secondary N) is 1. The smallest absolute Gasteiger partial charge is 0.349 e. The van der Waals surface area contributed by atoms with Gasteiger partial charge in [-0.05, 0) is 24.3 Å². The number of para-hydroxylation sites is 1. The second-order valence-electron chi connectivity index (χ2n) is 5.31. The van der Waals surface area contributed by atoms with Crippen LogP contribution in [0.2, 0.25) is 0 Å². The molecule has 0 unspecified atom stereocenters. The van der Waals surface area contributed by atoms with Crippen molar-refractivity contribution in [3.8, 4) is 5.82 Å². The summed E-state index contributed by atoms with van der Waals surface area (Å²) in [5.74, 6) is 0.123. The molecule has 0 spiro atoms. The number of fused-ring (bicyclic) bond motifs is 1. The van der Waals surface area contributed by atoms with E-state index in [9.17, 15) is 9.59 Å². The zero-order valence-corrected chi connectivity index (χ0v) is 12.9. The molecule has 0 aliphatic heterocycles. The Bertz CT molecular complexity index is 1100. The van der Waals surface area contributed by atoms with Gasteiger partial charge in [0, 0.05) is 17.8 Å². The maximum atomic E-state index is 12.4. The molecule has 1 amide bonds. The fourth-order valence-corrected chi connectivity index (χ4v) is 2.43. The fourth-order valence-electron chi connectivity index (χ4n) is 2.43. The lowest BCUT2D eigenvalue weighted by Gasteiger charge is -2.06. The second kappa shape index (κ2) is 6.04. The molecule has 0 atom stereocenters. The molecular formula is C18H12N4O3. The quantitative estimate of drug-likeness (QED) is 0.583. The standard InChI is InChI=1S/C18H12N4O3/c23-17(14-9-12-3-1-2-4-15(12)25-18(14)24)21-13-5-6-16(20-10-13)22-8-7-19-11-22/h1-11H,(H,21,23). The molecule has 3 aromatic heterocycles. The number of nitrogens with zero attached hydrogens (tertiary/aromatic N) is 3. The minimum Gasteiger partial charge on any atom is -0.422 e. The van der Waals surface area contributed by atoms with E-state index in [0.29, 0.717) is 22.5 Å². The maximum absolute atomic E-state index is 12.4. The Kier molecular flexibility index (Phi) is 3.59. The normalized spacial score (nSPS) is 10.7. The average Bonchev–Trinajstić information content (AvgIpc) is 3.16. The first-order chi connectivity index (χ1) is 12.2. The van der Waals surface area contributed by atoms with Crippen LogP contribution in [0.15, 0.2) is 76.6 Å². The number of carbonyl (C=O) groups excluding carboxylic acids is 1. The Balaban J connectivity index is 1.60. The molecule has 25 heavy (non-hydrogen) atoms. The summed E-state index contributed by atoms with van der Waals surface area (Å²) in [4.78, 5) is 32.6. The van der Waals surface area contributed by atoms with Gasteiger partial charge in [0.15, 0.2) is 0 Å². The summed E-state index contributed by atoms with van der Waals surface area (Å²) in [6, 6.07) is 12.0. The number of carbonyl (C=O) groups is 1. The van der Waals surface area contributed by atoms with E-state index in [-0.39, 0.29) is 5.56 Å². The summed E-state index contributed by atoms with van der Waals surface area (Å²) < 4.78 is 6.92. The number of benzene rings is 1. The summed E-state index contributed by atoms with van der Waals surface area (Å²) in [6.45, 7) is 0. The highest BCUT2D eigenvalue weighted by Crippen LogP contribution is 2.14. The van der Waals surface area contributed by atoms with E-state index in [1.54, 1.807) is 53.6 Å². The van der Waals surface area contributed by atoms with Gasteiger partial charge in [-0.2, -0.15) is 0 Å². The van der Waals surface area contributed by atoms with Crippen molar-refractivity contribution < 1.29 is 9.21 Å². The van der Waals surface area contributed by atoms with Gasteiger partial charge in [0.1, 0.15) is 23.3 Å². The summed E-state index contributed by atoms with van der Waals surface area (Å²) in [5.41, 5.74) is 0.174. The number of rotatable bonds is 3. The number of imidazole rings is 1. The molecular weight excluding hydrogens is 320 g/mol. The van der Waals surface area contributed by atoms with Crippen LogP contribution < -0.4 is 10.9 Å². The molecule has 0 fully saturated rings. The van der Waals surface area contributed by atoms with Crippen molar-refractivity contribution in [1.82, 2.24) is 14.5 Å². The predicted molar refractivity (Wildman–Crippen MR) is 91.8 cm³/mol. The first-order valence-corrected chi connectivity index (χ1v) is 7.49. The van der Waals surface area contributed by atoms with Gasteiger partial charge in [-0.3, -0.25) is 9.36 Å². The Hall–Kier alpha value is -3.74. The van der Waals surface area contributed by atoms with Crippen LogP contribution in [-0.4, -0.2) is 20.4 Å². The maximum Gasteiger partial charge on any atom is 0.349 e. The van der Waals surface area contributed by atoms with Crippen LogP contribution in [0.5, 0.6) is 0 Å². The van der Waals surface area contributed by atoms with Gasteiger partial charge in [0.25, 0.3) is 5.91 Å². The highest BCUT2D eigenvalue weighted by atomic mass is 16.4. The molecule has 3 heterocycles. The average molecular weight is 332 g/mol. The number of hydrogen-bond acceptors (Lipinski definition) is 5. The van der Waals surface area contributed by atoms with E-state index in [1.807, 2.05) is 6.07 Å². The minimum absolute atomic E-state index is 0.0580. The number of anilines is 1. The summed E-state index contributed by atoms with van der Waals surface area (Å²) >= 11 is 0. The van der Waals surface area contributed by atoms with Crippen LogP contribution in [0.1, 0.15) is 10.4 Å². The lowest BCUT2D eigenvalue weighted by atomic mass is 10.2. The van der Waals surface area contributed by atoms with E-state index in [0.717, 1.165) is 0 Å². The lowest BCUT2D eigenvalue weighted by Crippen LogP contribution is -2.20. The van der Waals surface area contributed by atoms with Crippen molar-refractivity contribution in [1.29, 1.82) is 0 Å². The third kappa shape index (κ3) is 2.90. The fraction of sp³-hybridized carbons (Fsp3) is 0. The lowest BCUT2D eigenvalue weighted by molar-refractivity contribution is 0.102. The van der Waals surface area contributed by atoms with Crippen LogP contribution in [0, 0.1) is 0 Å². The van der Waals surface area contributed by atoms with E-state index < -0.39 is 11.5 Å². The topological polar surface area (TPSA) is 90.0 Å². The molecule has 7 heteroatoms. The predicted octanol–water partition coefficient (Wildman–Crippen LogP) is 2.63. The van der Waals surface area contributed by atoms with Crippen molar-refractivity contribution in [3.05, 3.63) is 83.4 Å². The molecule has 1 aromatic carbocycles. The molecule has 0 saturated carbocycles. The van der Waals surface area contributed by atoms with Crippen molar-refractivity contribution in [2.75, 3.05) is 5.32 Å². The first-order valence-electron chi connectivity index (χ1n) is 7.49. The van der Waals surface area contributed by atoms with E-state index >= 15 is 0 Å². The van der Waals surface area contributed by atoms with Gasteiger partial charge in [-0.1, -0.05) is 18.2 Å². The van der Waals surface area contributed by atoms with Gasteiger partial charge in [-0.25, -0.2) is 14.8 Å². The highest BCUT2D eigenvalue weighted by Gasteiger charge is 2.14. The van der Waals surface area contributed by atoms with E-state index in [1.165, 1.54) is 12.3 Å². The summed E-state index contributed by atoms with van der Waals surface area (Å²) in [5, 5.41) is 3.33. The molecule has 4 rings (SSSR count). The molecule has 122 valence electrons. The second-order valence-corrected chi connectivity index (χ2v) is 5.31. The molecule has 1 N–H and O–H groups in total. The Morgan fingerprint density at radius 3 is 2.80 bits per heavy atom. The summed E-state index contributed by atoms with van der Waals surface area (Å²) in [7, 11) is 0. The molecule has 0 bridgehead atoms. The van der Waals surface area contributed by atoms with Gasteiger partial charge >= 0.3 is 5.63 Å². The van der Waals surface area contributed by atoms with Crippen molar-refractivity contribution in [2.45, 2.75) is 0 Å². The number of pyridine rings is 1. The monoisotopic (exact) mass is 332 g/mol. The van der Waals surface area contributed by atoms with Gasteiger partial charge < -0.3 is 9.73 Å². The molecule has 0 aliphatic carbocycles. The molecule has 4 aromatic rings. The summed E-state index contributed by atoms with van der Waals surface area (Å²) in [6.07, 6.45) is 6.55. The van der Waals surface area contributed by atoms with Crippen molar-refractivity contribution in [2.24, 2.45) is 0 Å². The van der Waals surface area contributed by atoms with Crippen LogP contribution in [0.25, 0.3) is 16.8 Å². The number of aromatic nitrogens is 3. The Labute approximate surface area is 141 Å². The molecule has 7 nitrogen and oxygen atoms in total.